The summed E-state index contributed by atoms with van der Waals surface area (Å²) in [5.74, 6) is -1.80. The van der Waals surface area contributed by atoms with Crippen molar-refractivity contribution < 1.29 is 13.6 Å². The van der Waals surface area contributed by atoms with Crippen LogP contribution in [0.1, 0.15) is 35.2 Å². The molecule has 0 aliphatic carbocycles. The van der Waals surface area contributed by atoms with Crippen LogP contribution in [-0.4, -0.2) is 12.5 Å². The Morgan fingerprint density at radius 3 is 2.52 bits per heavy atom. The van der Waals surface area contributed by atoms with Crippen LogP contribution in [0.4, 0.5) is 8.78 Å². The molecule has 0 aliphatic rings. The SMILES string of the molecule is CCC(CNC(=O)c1cc(F)ccc1F)c1ccccc1. The summed E-state index contributed by atoms with van der Waals surface area (Å²) >= 11 is 0. The minimum absolute atomic E-state index is 0.145. The van der Waals surface area contributed by atoms with Crippen molar-refractivity contribution in [1.29, 1.82) is 0 Å². The topological polar surface area (TPSA) is 29.1 Å². The average molecular weight is 289 g/mol. The molecule has 2 nitrogen and oxygen atoms in total. The summed E-state index contributed by atoms with van der Waals surface area (Å²) in [5.41, 5.74) is 0.845. The van der Waals surface area contributed by atoms with E-state index in [2.05, 4.69) is 5.32 Å². The summed E-state index contributed by atoms with van der Waals surface area (Å²) in [4.78, 5) is 12.0. The van der Waals surface area contributed by atoms with Crippen LogP contribution in [0.3, 0.4) is 0 Å². The molecule has 0 aliphatic heterocycles. The van der Waals surface area contributed by atoms with Crippen molar-refractivity contribution in [3.8, 4) is 0 Å². The third-order valence-corrected chi connectivity index (χ3v) is 3.45. The fourth-order valence-corrected chi connectivity index (χ4v) is 2.21. The molecular formula is C17H17F2NO. The van der Waals surface area contributed by atoms with Gasteiger partial charge in [-0.1, -0.05) is 37.3 Å². The normalized spacial score (nSPS) is 12.0. The standard InChI is InChI=1S/C17H17F2NO/c1-2-12(13-6-4-3-5-7-13)11-20-17(21)15-10-14(18)8-9-16(15)19/h3-10,12H,2,11H2,1H3,(H,20,21). The highest BCUT2D eigenvalue weighted by molar-refractivity contribution is 5.94. The zero-order valence-electron chi connectivity index (χ0n) is 11.8. The predicted molar refractivity (Wildman–Crippen MR) is 78.2 cm³/mol. The molecule has 21 heavy (non-hydrogen) atoms. The van der Waals surface area contributed by atoms with Crippen LogP contribution < -0.4 is 5.32 Å². The molecule has 1 atom stereocenters. The van der Waals surface area contributed by atoms with Gasteiger partial charge < -0.3 is 5.32 Å². The molecule has 0 fully saturated rings. The van der Waals surface area contributed by atoms with Crippen molar-refractivity contribution in [2.45, 2.75) is 19.3 Å². The Hall–Kier alpha value is -2.23. The van der Waals surface area contributed by atoms with Crippen molar-refractivity contribution in [3.05, 3.63) is 71.3 Å². The highest BCUT2D eigenvalue weighted by atomic mass is 19.1. The number of amides is 1. The first kappa shape index (κ1) is 15.2. The van der Waals surface area contributed by atoms with Crippen molar-refractivity contribution >= 4 is 5.91 Å². The number of benzene rings is 2. The van der Waals surface area contributed by atoms with E-state index >= 15 is 0 Å². The molecule has 0 saturated carbocycles. The average Bonchev–Trinajstić information content (AvgIpc) is 2.51. The van der Waals surface area contributed by atoms with Crippen LogP contribution in [-0.2, 0) is 0 Å². The van der Waals surface area contributed by atoms with Gasteiger partial charge in [-0.3, -0.25) is 4.79 Å². The van der Waals surface area contributed by atoms with Gasteiger partial charge in [-0.2, -0.15) is 0 Å². The maximum Gasteiger partial charge on any atom is 0.254 e. The maximum atomic E-state index is 13.5. The number of carbonyl (C=O) groups excluding carboxylic acids is 1. The van der Waals surface area contributed by atoms with Crippen molar-refractivity contribution in [2.24, 2.45) is 0 Å². The Morgan fingerprint density at radius 2 is 1.86 bits per heavy atom. The highest BCUT2D eigenvalue weighted by Crippen LogP contribution is 2.18. The van der Waals surface area contributed by atoms with Crippen molar-refractivity contribution in [2.75, 3.05) is 6.54 Å². The molecule has 1 N–H and O–H groups in total. The van der Waals surface area contributed by atoms with Crippen molar-refractivity contribution in [3.63, 3.8) is 0 Å². The van der Waals surface area contributed by atoms with Gasteiger partial charge in [0.05, 0.1) is 5.56 Å². The lowest BCUT2D eigenvalue weighted by atomic mass is 9.96. The summed E-state index contributed by atoms with van der Waals surface area (Å²) in [6.45, 7) is 2.40. The van der Waals surface area contributed by atoms with Gasteiger partial charge in [0.15, 0.2) is 0 Å². The largest absolute Gasteiger partial charge is 0.351 e. The molecule has 1 amide bonds. The van der Waals surface area contributed by atoms with Crippen LogP contribution in [0.15, 0.2) is 48.5 Å². The highest BCUT2D eigenvalue weighted by Gasteiger charge is 2.15. The molecule has 0 saturated heterocycles. The van der Waals surface area contributed by atoms with E-state index in [1.807, 2.05) is 37.3 Å². The second-order valence-electron chi connectivity index (χ2n) is 4.85. The second-order valence-corrected chi connectivity index (χ2v) is 4.85. The second kappa shape index (κ2) is 6.97. The Morgan fingerprint density at radius 1 is 1.14 bits per heavy atom. The molecule has 0 spiro atoms. The quantitative estimate of drug-likeness (QED) is 0.889. The fourth-order valence-electron chi connectivity index (χ4n) is 2.21. The summed E-state index contributed by atoms with van der Waals surface area (Å²) in [7, 11) is 0. The van der Waals surface area contributed by atoms with Gasteiger partial charge in [-0.15, -0.1) is 0 Å². The lowest BCUT2D eigenvalue weighted by Gasteiger charge is -2.16. The van der Waals surface area contributed by atoms with Gasteiger partial charge in [0.1, 0.15) is 11.6 Å². The van der Waals surface area contributed by atoms with E-state index in [-0.39, 0.29) is 11.5 Å². The molecule has 1 unspecified atom stereocenters. The van der Waals surface area contributed by atoms with Gasteiger partial charge in [0.2, 0.25) is 0 Å². The molecule has 4 heteroatoms. The summed E-state index contributed by atoms with van der Waals surface area (Å²) in [6, 6.07) is 12.6. The maximum absolute atomic E-state index is 13.5. The molecular weight excluding hydrogens is 272 g/mol. The van der Waals surface area contributed by atoms with Crippen molar-refractivity contribution in [1.82, 2.24) is 5.32 Å². The summed E-state index contributed by atoms with van der Waals surface area (Å²) < 4.78 is 26.6. The number of hydrogen-bond acceptors (Lipinski definition) is 1. The number of carbonyl (C=O) groups is 1. The zero-order chi connectivity index (χ0) is 15.2. The smallest absolute Gasteiger partial charge is 0.254 e. The first-order valence-electron chi connectivity index (χ1n) is 6.90. The van der Waals surface area contributed by atoms with E-state index in [1.54, 1.807) is 0 Å². The third kappa shape index (κ3) is 3.88. The molecule has 0 aromatic heterocycles. The molecule has 2 rings (SSSR count). The first-order chi connectivity index (χ1) is 10.1. The van der Waals surface area contributed by atoms with Gasteiger partial charge >= 0.3 is 0 Å². The molecule has 110 valence electrons. The van der Waals surface area contributed by atoms with Gasteiger partial charge in [-0.25, -0.2) is 8.78 Å². The van der Waals surface area contributed by atoms with E-state index in [9.17, 15) is 13.6 Å². The Balaban J connectivity index is 2.04. The predicted octanol–water partition coefficient (Wildman–Crippen LogP) is 3.89. The number of halogens is 2. The number of rotatable bonds is 5. The Labute approximate surface area is 122 Å². The van der Waals surface area contributed by atoms with E-state index in [0.717, 1.165) is 30.2 Å². The van der Waals surface area contributed by atoms with Crippen LogP contribution in [0.5, 0.6) is 0 Å². The van der Waals surface area contributed by atoms with E-state index in [4.69, 9.17) is 0 Å². The Bertz CT molecular complexity index is 613. The molecule has 2 aromatic carbocycles. The summed E-state index contributed by atoms with van der Waals surface area (Å²) in [6.07, 6.45) is 0.843. The third-order valence-electron chi connectivity index (χ3n) is 3.45. The monoisotopic (exact) mass is 289 g/mol. The van der Waals surface area contributed by atoms with E-state index in [0.29, 0.717) is 6.54 Å². The number of nitrogens with one attached hydrogen (secondary N) is 1. The van der Waals surface area contributed by atoms with E-state index in [1.165, 1.54) is 0 Å². The van der Waals surface area contributed by atoms with Gasteiger partial charge in [0.25, 0.3) is 5.91 Å². The first-order valence-corrected chi connectivity index (χ1v) is 6.90. The minimum atomic E-state index is -0.721. The summed E-state index contributed by atoms with van der Waals surface area (Å²) in [5, 5.41) is 2.67. The van der Waals surface area contributed by atoms with Crippen LogP contribution >= 0.6 is 0 Å². The van der Waals surface area contributed by atoms with E-state index < -0.39 is 17.5 Å². The molecule has 2 aromatic rings. The van der Waals surface area contributed by atoms with Crippen LogP contribution in [0.25, 0.3) is 0 Å². The lowest BCUT2D eigenvalue weighted by Crippen LogP contribution is -2.29. The Kier molecular flexibility index (Phi) is 5.04. The number of hydrogen-bond donors (Lipinski definition) is 1. The lowest BCUT2D eigenvalue weighted by molar-refractivity contribution is 0.0946. The fraction of sp³-hybridized carbons (Fsp3) is 0.235. The molecule has 0 radical (unpaired) electrons. The molecule has 0 bridgehead atoms. The minimum Gasteiger partial charge on any atom is -0.351 e. The van der Waals surface area contributed by atoms with Gasteiger partial charge in [0, 0.05) is 12.5 Å². The zero-order valence-corrected chi connectivity index (χ0v) is 11.8. The van der Waals surface area contributed by atoms with Crippen LogP contribution in [0, 0.1) is 11.6 Å². The van der Waals surface area contributed by atoms with Crippen LogP contribution in [0.2, 0.25) is 0 Å². The molecule has 0 heterocycles. The van der Waals surface area contributed by atoms with Gasteiger partial charge in [-0.05, 0) is 30.2 Å².